The highest BCUT2D eigenvalue weighted by Crippen LogP contribution is 2.18. The second kappa shape index (κ2) is 5.42. The maximum atomic E-state index is 12.7. The van der Waals surface area contributed by atoms with Gasteiger partial charge in [-0.05, 0) is 12.1 Å². The molecule has 8 heteroatoms. The minimum absolute atomic E-state index is 0.0345. The standard InChI is InChI=1S/C11H11FN4O3/c1-16-10(7-3-4-8(12)13-5-7)14-11(15-16)19-6-9(17)18-2/h3-5H,6H2,1-2H3. The molecule has 7 nitrogen and oxygen atoms in total. The lowest BCUT2D eigenvalue weighted by atomic mass is 10.3. The van der Waals surface area contributed by atoms with Crippen LogP contribution in [0.3, 0.4) is 0 Å². The normalized spacial score (nSPS) is 10.3. The molecule has 0 N–H and O–H groups in total. The van der Waals surface area contributed by atoms with Crippen molar-refractivity contribution in [2.75, 3.05) is 13.7 Å². The summed E-state index contributed by atoms with van der Waals surface area (Å²) in [5, 5.41) is 3.97. The molecule has 0 aliphatic heterocycles. The maximum absolute atomic E-state index is 12.7. The molecule has 0 fully saturated rings. The van der Waals surface area contributed by atoms with E-state index in [4.69, 9.17) is 4.74 Å². The molecule has 0 atom stereocenters. The lowest BCUT2D eigenvalue weighted by molar-refractivity contribution is -0.143. The number of hydrogen-bond donors (Lipinski definition) is 0. The zero-order valence-corrected chi connectivity index (χ0v) is 10.3. The van der Waals surface area contributed by atoms with Gasteiger partial charge in [0, 0.05) is 18.8 Å². The number of esters is 1. The van der Waals surface area contributed by atoms with Crippen molar-refractivity contribution >= 4 is 5.97 Å². The third kappa shape index (κ3) is 3.03. The maximum Gasteiger partial charge on any atom is 0.344 e. The van der Waals surface area contributed by atoms with Crippen LogP contribution < -0.4 is 4.74 Å². The molecule has 100 valence electrons. The molecule has 0 aromatic carbocycles. The second-order valence-electron chi connectivity index (χ2n) is 3.58. The lowest BCUT2D eigenvalue weighted by Gasteiger charge is -1.98. The smallest absolute Gasteiger partial charge is 0.344 e. The van der Waals surface area contributed by atoms with Crippen molar-refractivity contribution in [1.82, 2.24) is 19.7 Å². The Labute approximate surface area is 108 Å². The monoisotopic (exact) mass is 266 g/mol. The van der Waals surface area contributed by atoms with Gasteiger partial charge in [-0.3, -0.25) is 0 Å². The Morgan fingerprint density at radius 2 is 2.26 bits per heavy atom. The van der Waals surface area contributed by atoms with Crippen molar-refractivity contribution in [3.63, 3.8) is 0 Å². The van der Waals surface area contributed by atoms with Crippen molar-refractivity contribution in [3.05, 3.63) is 24.3 Å². The van der Waals surface area contributed by atoms with Gasteiger partial charge in [-0.2, -0.15) is 9.37 Å². The van der Waals surface area contributed by atoms with E-state index in [-0.39, 0.29) is 12.6 Å². The molecule has 0 saturated carbocycles. The minimum atomic E-state index is -0.576. The van der Waals surface area contributed by atoms with Crippen LogP contribution in [0, 0.1) is 5.95 Å². The first kappa shape index (κ1) is 12.9. The van der Waals surface area contributed by atoms with Crippen LogP contribution in [0.25, 0.3) is 11.4 Å². The van der Waals surface area contributed by atoms with E-state index < -0.39 is 11.9 Å². The Hall–Kier alpha value is -2.51. The Balaban J connectivity index is 2.16. The van der Waals surface area contributed by atoms with Crippen LogP contribution >= 0.6 is 0 Å². The van der Waals surface area contributed by atoms with Crippen LogP contribution in [0.1, 0.15) is 0 Å². The van der Waals surface area contributed by atoms with E-state index in [1.807, 2.05) is 0 Å². The van der Waals surface area contributed by atoms with Gasteiger partial charge in [0.15, 0.2) is 12.4 Å². The molecule has 2 heterocycles. The van der Waals surface area contributed by atoms with Gasteiger partial charge in [0.2, 0.25) is 5.95 Å². The average Bonchev–Trinajstić information content (AvgIpc) is 2.78. The van der Waals surface area contributed by atoms with Crippen LogP contribution in [-0.2, 0) is 16.6 Å². The fourth-order valence-corrected chi connectivity index (χ4v) is 1.36. The first-order valence-corrected chi connectivity index (χ1v) is 5.32. The van der Waals surface area contributed by atoms with Crippen molar-refractivity contribution in [1.29, 1.82) is 0 Å². The van der Waals surface area contributed by atoms with Crippen molar-refractivity contribution < 1.29 is 18.7 Å². The summed E-state index contributed by atoms with van der Waals surface area (Å²) in [5.74, 6) is -0.655. The molecule has 2 aromatic rings. The number of aromatic nitrogens is 4. The number of halogens is 1. The number of pyridine rings is 1. The number of carbonyl (C=O) groups is 1. The topological polar surface area (TPSA) is 79.1 Å². The Morgan fingerprint density at radius 3 is 2.89 bits per heavy atom. The summed E-state index contributed by atoms with van der Waals surface area (Å²) in [6.45, 7) is -0.276. The van der Waals surface area contributed by atoms with Crippen LogP contribution in [0.2, 0.25) is 0 Å². The molecule has 2 rings (SSSR count). The molecule has 0 aliphatic carbocycles. The molecule has 0 saturated heterocycles. The number of hydrogen-bond acceptors (Lipinski definition) is 6. The minimum Gasteiger partial charge on any atom is -0.466 e. The van der Waals surface area contributed by atoms with Gasteiger partial charge >= 0.3 is 12.0 Å². The third-order valence-corrected chi connectivity index (χ3v) is 2.28. The molecule has 0 amide bonds. The summed E-state index contributed by atoms with van der Waals surface area (Å²) in [6.07, 6.45) is 1.34. The van der Waals surface area contributed by atoms with Gasteiger partial charge in [-0.25, -0.2) is 14.5 Å². The summed E-state index contributed by atoms with van der Waals surface area (Å²) < 4.78 is 23.7. The van der Waals surface area contributed by atoms with E-state index >= 15 is 0 Å². The fraction of sp³-hybridized carbons (Fsp3) is 0.273. The number of methoxy groups -OCH3 is 1. The number of rotatable bonds is 4. The van der Waals surface area contributed by atoms with E-state index in [1.165, 1.54) is 30.1 Å². The highest BCUT2D eigenvalue weighted by Gasteiger charge is 2.12. The van der Waals surface area contributed by atoms with Gasteiger partial charge in [0.05, 0.1) is 7.11 Å². The third-order valence-electron chi connectivity index (χ3n) is 2.28. The number of nitrogens with zero attached hydrogens (tertiary/aromatic N) is 4. The molecule has 2 aromatic heterocycles. The molecule has 19 heavy (non-hydrogen) atoms. The average molecular weight is 266 g/mol. The van der Waals surface area contributed by atoms with Gasteiger partial charge in [0.25, 0.3) is 0 Å². The van der Waals surface area contributed by atoms with Crippen LogP contribution in [-0.4, -0.2) is 39.4 Å². The quantitative estimate of drug-likeness (QED) is 0.594. The van der Waals surface area contributed by atoms with E-state index in [2.05, 4.69) is 19.8 Å². The summed E-state index contributed by atoms with van der Waals surface area (Å²) in [7, 11) is 2.91. The first-order valence-electron chi connectivity index (χ1n) is 5.32. The van der Waals surface area contributed by atoms with Crippen molar-refractivity contribution in [3.8, 4) is 17.4 Å². The van der Waals surface area contributed by atoms with Gasteiger partial charge in [-0.15, -0.1) is 5.10 Å². The number of ether oxygens (including phenoxy) is 2. The number of aryl methyl sites for hydroxylation is 1. The molecule has 0 radical (unpaired) electrons. The molecular weight excluding hydrogens is 255 g/mol. The van der Waals surface area contributed by atoms with E-state index in [9.17, 15) is 9.18 Å². The largest absolute Gasteiger partial charge is 0.466 e. The SMILES string of the molecule is COC(=O)COc1nc(-c2ccc(F)nc2)n(C)n1. The molecule has 0 spiro atoms. The van der Waals surface area contributed by atoms with Crippen LogP contribution in [0.5, 0.6) is 6.01 Å². The predicted octanol–water partition coefficient (Wildman–Crippen LogP) is 0.568. The predicted molar refractivity (Wildman–Crippen MR) is 61.7 cm³/mol. The van der Waals surface area contributed by atoms with Crippen molar-refractivity contribution in [2.45, 2.75) is 0 Å². The molecule has 0 unspecified atom stereocenters. The van der Waals surface area contributed by atoms with Gasteiger partial charge in [-0.1, -0.05) is 0 Å². The molecular formula is C11H11FN4O3. The molecule has 0 bridgehead atoms. The second-order valence-corrected chi connectivity index (χ2v) is 3.58. The Morgan fingerprint density at radius 1 is 1.47 bits per heavy atom. The zero-order valence-electron chi connectivity index (χ0n) is 10.3. The highest BCUT2D eigenvalue weighted by atomic mass is 19.1. The van der Waals surface area contributed by atoms with Gasteiger partial charge < -0.3 is 9.47 Å². The van der Waals surface area contributed by atoms with Gasteiger partial charge in [0.1, 0.15) is 0 Å². The highest BCUT2D eigenvalue weighted by molar-refractivity contribution is 5.70. The summed E-state index contributed by atoms with van der Waals surface area (Å²) >= 11 is 0. The van der Waals surface area contributed by atoms with Crippen molar-refractivity contribution in [2.24, 2.45) is 7.05 Å². The first-order chi connectivity index (χ1) is 9.10. The Kier molecular flexibility index (Phi) is 3.69. The lowest BCUT2D eigenvalue weighted by Crippen LogP contribution is -2.13. The van der Waals surface area contributed by atoms with E-state index in [0.717, 1.165) is 0 Å². The zero-order chi connectivity index (χ0) is 13.8. The summed E-state index contributed by atoms with van der Waals surface area (Å²) in [4.78, 5) is 18.5. The summed E-state index contributed by atoms with van der Waals surface area (Å²) in [5.41, 5.74) is 0.587. The number of carbonyl (C=O) groups excluding carboxylic acids is 1. The summed E-state index contributed by atoms with van der Waals surface area (Å²) in [6, 6.07) is 2.78. The van der Waals surface area contributed by atoms with Crippen LogP contribution in [0.15, 0.2) is 18.3 Å². The van der Waals surface area contributed by atoms with Crippen LogP contribution in [0.4, 0.5) is 4.39 Å². The van der Waals surface area contributed by atoms with E-state index in [0.29, 0.717) is 11.4 Å². The molecule has 0 aliphatic rings. The van der Waals surface area contributed by atoms with E-state index in [1.54, 1.807) is 7.05 Å². The Bertz CT molecular complexity index is 582. The fourth-order valence-electron chi connectivity index (χ4n) is 1.36.